The van der Waals surface area contributed by atoms with Gasteiger partial charge >= 0.3 is 0 Å². The molecule has 4 rings (SSSR count). The lowest BCUT2D eigenvalue weighted by atomic mass is 10.1. The molecule has 10 heteroatoms. The molecule has 1 aliphatic rings. The van der Waals surface area contributed by atoms with Crippen molar-refractivity contribution in [2.24, 2.45) is 0 Å². The minimum Gasteiger partial charge on any atom is -0.493 e. The Kier molecular flexibility index (Phi) is 6.24. The predicted octanol–water partition coefficient (Wildman–Crippen LogP) is 2.81. The fraction of sp³-hybridized carbons (Fsp3) is 0.273. The summed E-state index contributed by atoms with van der Waals surface area (Å²) in [6, 6.07) is 14.3. The van der Waals surface area contributed by atoms with Crippen LogP contribution in [0, 0.1) is 5.82 Å². The van der Waals surface area contributed by atoms with E-state index in [0.29, 0.717) is 49.2 Å². The minimum absolute atomic E-state index is 0.159. The van der Waals surface area contributed by atoms with Gasteiger partial charge in [0.25, 0.3) is 0 Å². The Morgan fingerprint density at radius 2 is 1.53 bits per heavy atom. The van der Waals surface area contributed by atoms with Crippen molar-refractivity contribution in [3.63, 3.8) is 0 Å². The van der Waals surface area contributed by atoms with E-state index < -0.39 is 10.0 Å². The van der Waals surface area contributed by atoms with E-state index in [2.05, 4.69) is 10.2 Å². The van der Waals surface area contributed by atoms with E-state index in [0.717, 1.165) is 5.56 Å². The minimum atomic E-state index is -3.67. The molecule has 0 saturated carbocycles. The van der Waals surface area contributed by atoms with Crippen LogP contribution in [0.25, 0.3) is 11.3 Å². The monoisotopic (exact) mass is 458 g/mol. The number of methoxy groups -OCH3 is 2. The highest BCUT2D eigenvalue weighted by Crippen LogP contribution is 2.31. The number of ether oxygens (including phenoxy) is 2. The topological polar surface area (TPSA) is 84.9 Å². The first-order chi connectivity index (χ1) is 15.4. The Labute approximate surface area is 186 Å². The molecule has 32 heavy (non-hydrogen) atoms. The van der Waals surface area contributed by atoms with Crippen LogP contribution in [0.4, 0.5) is 10.2 Å². The summed E-state index contributed by atoms with van der Waals surface area (Å²) in [6.45, 7) is 1.60. The number of hydrogen-bond acceptors (Lipinski definition) is 7. The summed E-state index contributed by atoms with van der Waals surface area (Å²) in [6.07, 6.45) is 0. The van der Waals surface area contributed by atoms with Gasteiger partial charge < -0.3 is 14.4 Å². The lowest BCUT2D eigenvalue weighted by molar-refractivity contribution is 0.353. The number of aromatic nitrogens is 2. The van der Waals surface area contributed by atoms with Gasteiger partial charge in [0.1, 0.15) is 5.82 Å². The quantitative estimate of drug-likeness (QED) is 0.562. The highest BCUT2D eigenvalue weighted by Gasteiger charge is 2.29. The summed E-state index contributed by atoms with van der Waals surface area (Å²) in [5, 5.41) is 8.50. The summed E-state index contributed by atoms with van der Waals surface area (Å²) >= 11 is 0. The van der Waals surface area contributed by atoms with Gasteiger partial charge in [0.05, 0.1) is 24.8 Å². The molecule has 3 aromatic rings. The predicted molar refractivity (Wildman–Crippen MR) is 118 cm³/mol. The maximum Gasteiger partial charge on any atom is 0.243 e. The third kappa shape index (κ3) is 4.37. The molecule has 0 spiro atoms. The van der Waals surface area contributed by atoms with Gasteiger partial charge in [-0.2, -0.15) is 4.31 Å². The molecule has 8 nitrogen and oxygen atoms in total. The van der Waals surface area contributed by atoms with Crippen molar-refractivity contribution in [3.8, 4) is 22.8 Å². The molecule has 2 aromatic carbocycles. The van der Waals surface area contributed by atoms with Crippen molar-refractivity contribution in [1.29, 1.82) is 0 Å². The molecule has 2 heterocycles. The van der Waals surface area contributed by atoms with E-state index in [1.54, 1.807) is 18.2 Å². The van der Waals surface area contributed by atoms with Crippen LogP contribution in [0.15, 0.2) is 59.5 Å². The number of rotatable bonds is 6. The van der Waals surface area contributed by atoms with Gasteiger partial charge in [0.2, 0.25) is 10.0 Å². The molecule has 0 aliphatic carbocycles. The summed E-state index contributed by atoms with van der Waals surface area (Å²) in [5.74, 6) is 1.20. The zero-order valence-corrected chi connectivity index (χ0v) is 18.5. The van der Waals surface area contributed by atoms with E-state index in [1.165, 1.54) is 42.8 Å². The average Bonchev–Trinajstić information content (AvgIpc) is 2.84. The van der Waals surface area contributed by atoms with Crippen molar-refractivity contribution in [3.05, 3.63) is 60.4 Å². The SMILES string of the molecule is COc1ccc(S(=O)(=O)N2CCN(c3ccc(-c4ccc(F)cc4)nn3)CC2)cc1OC. The van der Waals surface area contributed by atoms with Crippen LogP contribution in [0.2, 0.25) is 0 Å². The summed E-state index contributed by atoms with van der Waals surface area (Å²) in [7, 11) is -0.699. The third-order valence-corrected chi connectivity index (χ3v) is 7.24. The van der Waals surface area contributed by atoms with Gasteiger partial charge in [-0.25, -0.2) is 12.8 Å². The molecular weight excluding hydrogens is 435 g/mol. The van der Waals surface area contributed by atoms with Crippen molar-refractivity contribution in [2.45, 2.75) is 4.90 Å². The molecule has 0 amide bonds. The zero-order valence-electron chi connectivity index (χ0n) is 17.7. The summed E-state index contributed by atoms with van der Waals surface area (Å²) in [4.78, 5) is 2.15. The lowest BCUT2D eigenvalue weighted by Crippen LogP contribution is -2.49. The van der Waals surface area contributed by atoms with Gasteiger partial charge in [0, 0.05) is 37.8 Å². The summed E-state index contributed by atoms with van der Waals surface area (Å²) in [5.41, 5.74) is 1.42. The second kappa shape index (κ2) is 9.09. The number of sulfonamides is 1. The van der Waals surface area contributed by atoms with Gasteiger partial charge in [-0.3, -0.25) is 0 Å². The molecule has 0 radical (unpaired) electrons. The van der Waals surface area contributed by atoms with Crippen molar-refractivity contribution >= 4 is 15.8 Å². The van der Waals surface area contributed by atoms with E-state index in [4.69, 9.17) is 9.47 Å². The Hall–Kier alpha value is -3.24. The molecule has 0 unspecified atom stereocenters. The van der Waals surface area contributed by atoms with Crippen LogP contribution in [0.5, 0.6) is 11.5 Å². The molecule has 0 bridgehead atoms. The number of anilines is 1. The average molecular weight is 459 g/mol. The van der Waals surface area contributed by atoms with E-state index in [-0.39, 0.29) is 10.7 Å². The fourth-order valence-corrected chi connectivity index (χ4v) is 4.99. The van der Waals surface area contributed by atoms with Crippen molar-refractivity contribution in [1.82, 2.24) is 14.5 Å². The Morgan fingerprint density at radius 1 is 0.844 bits per heavy atom. The summed E-state index contributed by atoms with van der Waals surface area (Å²) < 4.78 is 51.1. The largest absolute Gasteiger partial charge is 0.493 e. The van der Waals surface area contributed by atoms with E-state index >= 15 is 0 Å². The molecular formula is C22H23FN4O4S. The zero-order chi connectivity index (χ0) is 22.7. The molecule has 1 saturated heterocycles. The molecule has 168 valence electrons. The molecule has 1 aromatic heterocycles. The Bertz CT molecular complexity index is 1180. The highest BCUT2D eigenvalue weighted by atomic mass is 32.2. The third-order valence-electron chi connectivity index (χ3n) is 5.35. The maximum absolute atomic E-state index is 13.1. The highest BCUT2D eigenvalue weighted by molar-refractivity contribution is 7.89. The van der Waals surface area contributed by atoms with Crippen LogP contribution in [-0.4, -0.2) is 63.3 Å². The fourth-order valence-electron chi connectivity index (χ4n) is 3.55. The van der Waals surface area contributed by atoms with E-state index in [1.807, 2.05) is 17.0 Å². The van der Waals surface area contributed by atoms with Crippen LogP contribution >= 0.6 is 0 Å². The van der Waals surface area contributed by atoms with Crippen LogP contribution in [-0.2, 0) is 10.0 Å². The van der Waals surface area contributed by atoms with Gasteiger partial charge in [-0.1, -0.05) is 0 Å². The number of piperazine rings is 1. The number of halogens is 1. The second-order valence-corrected chi connectivity index (χ2v) is 9.13. The normalized spacial score (nSPS) is 14.9. The Morgan fingerprint density at radius 3 is 2.12 bits per heavy atom. The first-order valence-corrected chi connectivity index (χ1v) is 11.4. The standard InChI is InChI=1S/C22H23FN4O4S/c1-30-20-9-7-18(15-21(20)31-2)32(28,29)27-13-11-26(12-14-27)22-10-8-19(24-25-22)16-3-5-17(23)6-4-16/h3-10,15H,11-14H2,1-2H3. The molecule has 0 N–H and O–H groups in total. The van der Waals surface area contributed by atoms with Gasteiger partial charge in [-0.15, -0.1) is 10.2 Å². The van der Waals surface area contributed by atoms with Gasteiger partial charge in [0.15, 0.2) is 17.3 Å². The molecule has 0 atom stereocenters. The Balaban J connectivity index is 1.44. The van der Waals surface area contributed by atoms with E-state index in [9.17, 15) is 12.8 Å². The second-order valence-electron chi connectivity index (χ2n) is 7.19. The van der Waals surface area contributed by atoms with Crippen molar-refractivity contribution in [2.75, 3.05) is 45.3 Å². The number of hydrogen-bond donors (Lipinski definition) is 0. The van der Waals surface area contributed by atoms with Gasteiger partial charge in [-0.05, 0) is 48.5 Å². The maximum atomic E-state index is 13.1. The molecule has 1 aliphatic heterocycles. The van der Waals surface area contributed by atoms with Crippen LogP contribution in [0.1, 0.15) is 0 Å². The lowest BCUT2D eigenvalue weighted by Gasteiger charge is -2.34. The first-order valence-electron chi connectivity index (χ1n) is 9.99. The smallest absolute Gasteiger partial charge is 0.243 e. The van der Waals surface area contributed by atoms with Crippen LogP contribution < -0.4 is 14.4 Å². The number of nitrogens with zero attached hydrogens (tertiary/aromatic N) is 4. The number of benzene rings is 2. The molecule has 1 fully saturated rings. The van der Waals surface area contributed by atoms with Crippen molar-refractivity contribution < 1.29 is 22.3 Å². The van der Waals surface area contributed by atoms with Crippen LogP contribution in [0.3, 0.4) is 0 Å². The first kappa shape index (κ1) is 22.0.